The van der Waals surface area contributed by atoms with Gasteiger partial charge in [0.15, 0.2) is 0 Å². The predicted octanol–water partition coefficient (Wildman–Crippen LogP) is 1.52. The minimum atomic E-state index is 0.103. The number of hydrogen-bond acceptors (Lipinski definition) is 7. The van der Waals surface area contributed by atoms with Crippen LogP contribution in [0.4, 0.5) is 11.9 Å². The van der Waals surface area contributed by atoms with Crippen LogP contribution in [0.25, 0.3) is 0 Å². The number of aliphatic hydroxyl groups is 1. The van der Waals surface area contributed by atoms with E-state index in [0.717, 1.165) is 13.0 Å². The molecule has 0 radical (unpaired) electrons. The number of aromatic nitrogens is 3. The van der Waals surface area contributed by atoms with Crippen LogP contribution in [0.2, 0.25) is 0 Å². The van der Waals surface area contributed by atoms with Gasteiger partial charge in [0.1, 0.15) is 0 Å². The minimum absolute atomic E-state index is 0.103. The molecule has 1 unspecified atom stereocenters. The van der Waals surface area contributed by atoms with Crippen molar-refractivity contribution in [2.24, 2.45) is 5.92 Å². The lowest BCUT2D eigenvalue weighted by Crippen LogP contribution is -2.28. The first-order valence-corrected chi connectivity index (χ1v) is 7.02. The van der Waals surface area contributed by atoms with E-state index in [9.17, 15) is 0 Å². The second kappa shape index (κ2) is 8.52. The monoisotopic (exact) mass is 283 g/mol. The SMILES string of the molecule is CCCNc1nc(NC(CCO)C(C)C)nc(OC)n1. The lowest BCUT2D eigenvalue weighted by molar-refractivity contribution is 0.267. The summed E-state index contributed by atoms with van der Waals surface area (Å²) in [4.78, 5) is 12.6. The molecule has 20 heavy (non-hydrogen) atoms. The summed E-state index contributed by atoms with van der Waals surface area (Å²) < 4.78 is 5.09. The van der Waals surface area contributed by atoms with Gasteiger partial charge < -0.3 is 20.5 Å². The molecule has 0 aliphatic rings. The fourth-order valence-corrected chi connectivity index (χ4v) is 1.71. The Morgan fingerprint density at radius 3 is 2.45 bits per heavy atom. The van der Waals surface area contributed by atoms with E-state index in [1.807, 2.05) is 0 Å². The van der Waals surface area contributed by atoms with Gasteiger partial charge in [-0.3, -0.25) is 0 Å². The predicted molar refractivity (Wildman–Crippen MR) is 79.1 cm³/mol. The molecule has 1 aromatic heterocycles. The van der Waals surface area contributed by atoms with Crippen LogP contribution in [0.1, 0.15) is 33.6 Å². The maximum absolute atomic E-state index is 9.10. The fourth-order valence-electron chi connectivity index (χ4n) is 1.71. The van der Waals surface area contributed by atoms with Gasteiger partial charge in [-0.2, -0.15) is 15.0 Å². The van der Waals surface area contributed by atoms with Crippen LogP contribution in [0, 0.1) is 5.92 Å². The molecule has 0 aliphatic heterocycles. The van der Waals surface area contributed by atoms with Gasteiger partial charge in [-0.15, -0.1) is 0 Å². The Morgan fingerprint density at radius 2 is 1.90 bits per heavy atom. The average Bonchev–Trinajstić information content (AvgIpc) is 2.44. The van der Waals surface area contributed by atoms with Crippen LogP contribution in [0.15, 0.2) is 0 Å². The van der Waals surface area contributed by atoms with Gasteiger partial charge in [0.05, 0.1) is 7.11 Å². The Kier molecular flexibility index (Phi) is 7.00. The molecule has 0 aromatic carbocycles. The van der Waals surface area contributed by atoms with E-state index < -0.39 is 0 Å². The molecule has 1 rings (SSSR count). The number of rotatable bonds is 9. The number of aliphatic hydroxyl groups excluding tert-OH is 1. The third kappa shape index (κ3) is 5.16. The summed E-state index contributed by atoms with van der Waals surface area (Å²) in [6.07, 6.45) is 1.62. The topological polar surface area (TPSA) is 92.2 Å². The highest BCUT2D eigenvalue weighted by Crippen LogP contribution is 2.15. The second-order valence-electron chi connectivity index (χ2n) is 4.90. The quantitative estimate of drug-likeness (QED) is 0.632. The van der Waals surface area contributed by atoms with Crippen molar-refractivity contribution in [3.05, 3.63) is 0 Å². The van der Waals surface area contributed by atoms with Crippen molar-refractivity contribution < 1.29 is 9.84 Å². The fraction of sp³-hybridized carbons (Fsp3) is 0.769. The number of hydrogen-bond donors (Lipinski definition) is 3. The van der Waals surface area contributed by atoms with E-state index in [0.29, 0.717) is 24.2 Å². The zero-order valence-electron chi connectivity index (χ0n) is 12.7. The summed E-state index contributed by atoms with van der Waals surface area (Å²) in [5.41, 5.74) is 0. The molecule has 0 bridgehead atoms. The number of ether oxygens (including phenoxy) is 1. The van der Waals surface area contributed by atoms with Gasteiger partial charge in [-0.05, 0) is 18.8 Å². The van der Waals surface area contributed by atoms with Crippen molar-refractivity contribution in [3.63, 3.8) is 0 Å². The van der Waals surface area contributed by atoms with Crippen LogP contribution in [0.3, 0.4) is 0 Å². The molecule has 0 fully saturated rings. The highest BCUT2D eigenvalue weighted by atomic mass is 16.5. The molecular weight excluding hydrogens is 258 g/mol. The Labute approximate surface area is 120 Å². The zero-order valence-corrected chi connectivity index (χ0v) is 12.7. The normalized spacial score (nSPS) is 12.3. The molecule has 1 heterocycles. The summed E-state index contributed by atoms with van der Waals surface area (Å²) in [6.45, 7) is 7.15. The van der Waals surface area contributed by atoms with Gasteiger partial charge in [0.25, 0.3) is 0 Å². The smallest absolute Gasteiger partial charge is 0.322 e. The van der Waals surface area contributed by atoms with E-state index in [4.69, 9.17) is 9.84 Å². The lowest BCUT2D eigenvalue weighted by atomic mass is 10.0. The molecule has 7 nitrogen and oxygen atoms in total. The van der Waals surface area contributed by atoms with E-state index in [1.165, 1.54) is 7.11 Å². The van der Waals surface area contributed by atoms with Crippen LogP contribution in [-0.4, -0.2) is 46.4 Å². The summed E-state index contributed by atoms with van der Waals surface area (Å²) in [5.74, 6) is 1.31. The summed E-state index contributed by atoms with van der Waals surface area (Å²) >= 11 is 0. The number of nitrogens with one attached hydrogen (secondary N) is 2. The third-order valence-corrected chi connectivity index (χ3v) is 2.89. The molecule has 1 atom stereocenters. The summed E-state index contributed by atoms with van der Waals surface area (Å²) in [5, 5.41) is 15.4. The Balaban J connectivity index is 2.86. The standard InChI is InChI=1S/C13H25N5O2/c1-5-7-14-11-16-12(18-13(17-11)20-4)15-10(6-8-19)9(2)3/h9-10,19H,5-8H2,1-4H3,(H2,14,15,16,17,18). The first-order chi connectivity index (χ1) is 9.60. The molecule has 0 saturated carbocycles. The largest absolute Gasteiger partial charge is 0.467 e. The number of nitrogens with zero attached hydrogens (tertiary/aromatic N) is 3. The Bertz CT molecular complexity index is 400. The molecule has 0 spiro atoms. The highest BCUT2D eigenvalue weighted by Gasteiger charge is 2.15. The molecule has 1 aromatic rings. The van der Waals surface area contributed by atoms with Gasteiger partial charge in [-0.25, -0.2) is 0 Å². The Hall–Kier alpha value is -1.63. The molecule has 0 amide bonds. The van der Waals surface area contributed by atoms with Crippen LogP contribution < -0.4 is 15.4 Å². The van der Waals surface area contributed by atoms with Crippen LogP contribution >= 0.6 is 0 Å². The van der Waals surface area contributed by atoms with Gasteiger partial charge in [0.2, 0.25) is 11.9 Å². The van der Waals surface area contributed by atoms with Crippen molar-refractivity contribution in [2.75, 3.05) is 30.9 Å². The zero-order chi connectivity index (χ0) is 15.0. The number of anilines is 2. The highest BCUT2D eigenvalue weighted by molar-refractivity contribution is 5.36. The Morgan fingerprint density at radius 1 is 1.20 bits per heavy atom. The van der Waals surface area contributed by atoms with Gasteiger partial charge in [-0.1, -0.05) is 20.8 Å². The first-order valence-electron chi connectivity index (χ1n) is 7.02. The van der Waals surface area contributed by atoms with Crippen molar-refractivity contribution in [1.82, 2.24) is 15.0 Å². The van der Waals surface area contributed by atoms with E-state index in [-0.39, 0.29) is 18.7 Å². The lowest BCUT2D eigenvalue weighted by Gasteiger charge is -2.21. The van der Waals surface area contributed by atoms with E-state index >= 15 is 0 Å². The van der Waals surface area contributed by atoms with Gasteiger partial charge >= 0.3 is 6.01 Å². The molecule has 0 aliphatic carbocycles. The van der Waals surface area contributed by atoms with Crippen molar-refractivity contribution >= 4 is 11.9 Å². The van der Waals surface area contributed by atoms with Crippen LogP contribution in [-0.2, 0) is 0 Å². The van der Waals surface area contributed by atoms with Gasteiger partial charge in [0, 0.05) is 19.2 Å². The van der Waals surface area contributed by atoms with Crippen molar-refractivity contribution in [3.8, 4) is 6.01 Å². The van der Waals surface area contributed by atoms with Crippen LogP contribution in [0.5, 0.6) is 6.01 Å². The molecule has 0 saturated heterocycles. The van der Waals surface area contributed by atoms with Crippen molar-refractivity contribution in [1.29, 1.82) is 0 Å². The summed E-state index contributed by atoms with van der Waals surface area (Å²) in [6, 6.07) is 0.374. The van der Waals surface area contributed by atoms with Crippen molar-refractivity contribution in [2.45, 2.75) is 39.7 Å². The molecule has 114 valence electrons. The van der Waals surface area contributed by atoms with E-state index in [2.05, 4.69) is 46.4 Å². The molecule has 7 heteroatoms. The average molecular weight is 283 g/mol. The second-order valence-corrected chi connectivity index (χ2v) is 4.90. The molecular formula is C13H25N5O2. The maximum Gasteiger partial charge on any atom is 0.322 e. The molecule has 3 N–H and O–H groups in total. The number of methoxy groups -OCH3 is 1. The summed E-state index contributed by atoms with van der Waals surface area (Å²) in [7, 11) is 1.52. The van der Waals surface area contributed by atoms with E-state index in [1.54, 1.807) is 0 Å². The maximum atomic E-state index is 9.10. The minimum Gasteiger partial charge on any atom is -0.467 e. The third-order valence-electron chi connectivity index (χ3n) is 2.89. The first kappa shape index (κ1) is 16.4.